The van der Waals surface area contributed by atoms with E-state index in [0.29, 0.717) is 13.3 Å². The van der Waals surface area contributed by atoms with Gasteiger partial charge in [0.05, 0.1) is 11.6 Å². The lowest BCUT2D eigenvalue weighted by Crippen LogP contribution is -2.26. The topological polar surface area (TPSA) is 55.9 Å². The molecule has 2 atom stereocenters. The van der Waals surface area contributed by atoms with E-state index in [0.717, 1.165) is 78.0 Å². The number of nitrogens with one attached hydrogen (secondary N) is 1. The van der Waals surface area contributed by atoms with Gasteiger partial charge in [-0.1, -0.05) is 37.8 Å². The fourth-order valence-electron chi connectivity index (χ4n) is 5.02. The summed E-state index contributed by atoms with van der Waals surface area (Å²) >= 11 is 0. The summed E-state index contributed by atoms with van der Waals surface area (Å²) in [5.74, 6) is 1.77. The molecule has 2 unspecified atom stereocenters. The number of aromatic nitrogens is 1. The maximum absolute atomic E-state index is 6.08. The van der Waals surface area contributed by atoms with Crippen LogP contribution in [-0.4, -0.2) is 56.6 Å². The third kappa shape index (κ3) is 6.69. The first-order valence-corrected chi connectivity index (χ1v) is 13.4. The van der Waals surface area contributed by atoms with Crippen LogP contribution < -0.4 is 5.32 Å². The summed E-state index contributed by atoms with van der Waals surface area (Å²) in [6.45, 7) is 11.0. The molecular weight excluding hydrogens is 462 g/mol. The molecule has 198 valence electrons. The Balaban J connectivity index is 1.76. The van der Waals surface area contributed by atoms with Gasteiger partial charge in [0.15, 0.2) is 6.79 Å². The van der Waals surface area contributed by atoms with Crippen LogP contribution in [-0.2, 0) is 14.2 Å². The van der Waals surface area contributed by atoms with Crippen LogP contribution in [0.5, 0.6) is 0 Å². The summed E-state index contributed by atoms with van der Waals surface area (Å²) in [4.78, 5) is 7.29. The molecule has 1 saturated heterocycles. The van der Waals surface area contributed by atoms with Crippen molar-refractivity contribution in [1.29, 1.82) is 0 Å². The van der Waals surface area contributed by atoms with E-state index in [2.05, 4.69) is 73.3 Å². The van der Waals surface area contributed by atoms with E-state index in [1.807, 2.05) is 13.0 Å². The number of anilines is 1. The molecule has 2 aliphatic rings. The first kappa shape index (κ1) is 27.1. The van der Waals surface area contributed by atoms with Gasteiger partial charge in [-0.15, -0.1) is 0 Å². The van der Waals surface area contributed by atoms with E-state index in [4.69, 9.17) is 19.2 Å². The molecule has 4 rings (SSSR count). The molecule has 1 aromatic carbocycles. The average Bonchev–Trinajstić information content (AvgIpc) is 3.33. The normalized spacial score (nSPS) is 21.8. The van der Waals surface area contributed by atoms with E-state index in [1.165, 1.54) is 5.57 Å². The summed E-state index contributed by atoms with van der Waals surface area (Å²) in [6.07, 6.45) is 12.6. The average molecular weight is 504 g/mol. The van der Waals surface area contributed by atoms with Crippen LogP contribution in [0.4, 0.5) is 5.82 Å². The van der Waals surface area contributed by atoms with E-state index < -0.39 is 0 Å². The predicted molar refractivity (Wildman–Crippen MR) is 152 cm³/mol. The quantitative estimate of drug-likeness (QED) is 0.347. The van der Waals surface area contributed by atoms with Crippen molar-refractivity contribution in [2.45, 2.75) is 51.7 Å². The molecule has 0 amide bonds. The van der Waals surface area contributed by atoms with Gasteiger partial charge in [0.2, 0.25) is 0 Å². The highest BCUT2D eigenvalue weighted by molar-refractivity contribution is 5.89. The highest BCUT2D eigenvalue weighted by Crippen LogP contribution is 2.34. The molecule has 6 heteroatoms. The summed E-state index contributed by atoms with van der Waals surface area (Å²) in [5.41, 5.74) is 5.53. The largest absolute Gasteiger partial charge is 0.469 e. The highest BCUT2D eigenvalue weighted by atomic mass is 16.7. The Kier molecular flexibility index (Phi) is 9.56. The molecule has 1 aromatic heterocycles. The Morgan fingerprint density at radius 2 is 2.22 bits per heavy atom. The van der Waals surface area contributed by atoms with Crippen LogP contribution >= 0.6 is 0 Å². The first-order valence-electron chi connectivity index (χ1n) is 13.4. The minimum Gasteiger partial charge on any atom is -0.469 e. The molecule has 2 aromatic rings. The van der Waals surface area contributed by atoms with Crippen LogP contribution in [0, 0.1) is 0 Å². The molecule has 1 aliphatic heterocycles. The van der Waals surface area contributed by atoms with Gasteiger partial charge in [-0.05, 0) is 92.7 Å². The minimum atomic E-state index is -0.0842. The van der Waals surface area contributed by atoms with Crippen LogP contribution in [0.3, 0.4) is 0 Å². The second-order valence-corrected chi connectivity index (χ2v) is 9.79. The fourth-order valence-corrected chi connectivity index (χ4v) is 5.02. The lowest BCUT2D eigenvalue weighted by Gasteiger charge is -2.25. The second-order valence-electron chi connectivity index (χ2n) is 9.79. The van der Waals surface area contributed by atoms with Crippen LogP contribution in [0.25, 0.3) is 16.5 Å². The minimum absolute atomic E-state index is 0.0691. The number of likely N-dealkylation sites (N-methyl/N-ethyl adjacent to an activating group) is 1. The van der Waals surface area contributed by atoms with Gasteiger partial charge in [-0.3, -0.25) is 0 Å². The smallest absolute Gasteiger partial charge is 0.189 e. The molecule has 1 fully saturated rings. The van der Waals surface area contributed by atoms with Gasteiger partial charge >= 0.3 is 0 Å². The molecule has 0 bridgehead atoms. The number of hydrogen-bond donors (Lipinski definition) is 1. The van der Waals surface area contributed by atoms with Crippen LogP contribution in [0.15, 0.2) is 66.5 Å². The number of pyridine rings is 1. The van der Waals surface area contributed by atoms with Crippen molar-refractivity contribution in [2.75, 3.05) is 45.9 Å². The molecule has 2 heterocycles. The predicted octanol–water partition coefficient (Wildman–Crippen LogP) is 6.63. The number of hydrogen-bond acceptors (Lipinski definition) is 6. The van der Waals surface area contributed by atoms with Gasteiger partial charge in [-0.2, -0.15) is 0 Å². The van der Waals surface area contributed by atoms with E-state index in [1.54, 1.807) is 7.11 Å². The molecule has 1 N–H and O–H groups in total. The van der Waals surface area contributed by atoms with Gasteiger partial charge in [0.25, 0.3) is 0 Å². The van der Waals surface area contributed by atoms with Gasteiger partial charge in [-0.25, -0.2) is 4.98 Å². The molecular formula is C31H41N3O3. The van der Waals surface area contributed by atoms with Crippen molar-refractivity contribution < 1.29 is 14.2 Å². The van der Waals surface area contributed by atoms with E-state index >= 15 is 0 Å². The molecule has 0 spiro atoms. The zero-order valence-corrected chi connectivity index (χ0v) is 22.8. The third-order valence-electron chi connectivity index (χ3n) is 7.14. The van der Waals surface area contributed by atoms with E-state index in [9.17, 15) is 0 Å². The van der Waals surface area contributed by atoms with Crippen molar-refractivity contribution >= 4 is 22.3 Å². The van der Waals surface area contributed by atoms with Gasteiger partial charge < -0.3 is 24.4 Å². The number of methoxy groups -OCH3 is 1. The Bertz CT molecular complexity index is 1180. The maximum atomic E-state index is 6.08. The van der Waals surface area contributed by atoms with Crippen LogP contribution in [0.1, 0.15) is 56.8 Å². The Hall–Kier alpha value is -2.93. The SMILES string of the molecule is C=C/C(=C\C)CNc1cc(C(CN(C)CCC)OC)c2cc(C3=C/CCCC4OCO\C4=C\3)ccc2n1. The maximum Gasteiger partial charge on any atom is 0.189 e. The highest BCUT2D eigenvalue weighted by Gasteiger charge is 2.25. The number of fused-ring (bicyclic) bond motifs is 2. The van der Waals surface area contributed by atoms with E-state index in [-0.39, 0.29) is 12.2 Å². The number of ether oxygens (including phenoxy) is 3. The lowest BCUT2D eigenvalue weighted by molar-refractivity contribution is 0.0466. The van der Waals surface area contributed by atoms with Crippen LogP contribution in [0.2, 0.25) is 0 Å². The standard InChI is InChI=1S/C31H41N3O3/c1-6-15-34(4)20-30(35-5)26-18-31(32-19-22(7-2)8-3)33-27-14-13-24(16-25(26)27)23-11-9-10-12-28-29(17-23)37-21-36-28/h7-8,11,13-14,16-18,28,30H,2,6,9-10,12,15,19-21H2,1,3-5H3,(H,32,33)/b22-8+,23-11+,29-17+. The Morgan fingerprint density at radius 3 is 2.97 bits per heavy atom. The second kappa shape index (κ2) is 13.0. The fraction of sp³-hybridized carbons (Fsp3) is 0.452. The summed E-state index contributed by atoms with van der Waals surface area (Å²) in [6, 6.07) is 8.67. The number of nitrogens with zero attached hydrogens (tertiary/aromatic N) is 2. The van der Waals surface area contributed by atoms with Gasteiger partial charge in [0.1, 0.15) is 17.7 Å². The Labute approximate surface area is 221 Å². The molecule has 0 radical (unpaired) electrons. The molecule has 37 heavy (non-hydrogen) atoms. The summed E-state index contributed by atoms with van der Waals surface area (Å²) < 4.78 is 17.6. The molecule has 1 aliphatic carbocycles. The van der Waals surface area contributed by atoms with Crippen molar-refractivity contribution in [2.24, 2.45) is 0 Å². The van der Waals surface area contributed by atoms with Crippen molar-refractivity contribution in [3.63, 3.8) is 0 Å². The third-order valence-corrected chi connectivity index (χ3v) is 7.14. The molecule has 0 saturated carbocycles. The van der Waals surface area contributed by atoms with Gasteiger partial charge in [0, 0.05) is 25.6 Å². The van der Waals surface area contributed by atoms with Crippen molar-refractivity contribution in [3.05, 3.63) is 77.6 Å². The molecule has 6 nitrogen and oxygen atoms in total. The van der Waals surface area contributed by atoms with Crippen molar-refractivity contribution in [1.82, 2.24) is 9.88 Å². The number of allylic oxidation sites excluding steroid dienone is 4. The van der Waals surface area contributed by atoms with Crippen molar-refractivity contribution in [3.8, 4) is 0 Å². The zero-order valence-electron chi connectivity index (χ0n) is 22.8. The number of benzene rings is 1. The monoisotopic (exact) mass is 503 g/mol. The summed E-state index contributed by atoms with van der Waals surface area (Å²) in [5, 5.41) is 4.59. The lowest BCUT2D eigenvalue weighted by atomic mass is 9.94. The first-order chi connectivity index (χ1) is 18.1. The Morgan fingerprint density at radius 1 is 1.35 bits per heavy atom. The zero-order chi connectivity index (χ0) is 26.2. The summed E-state index contributed by atoms with van der Waals surface area (Å²) in [7, 11) is 3.94. The number of rotatable bonds is 11.